The highest BCUT2D eigenvalue weighted by Gasteiger charge is 2.15. The molecule has 0 aromatic rings. The summed E-state index contributed by atoms with van der Waals surface area (Å²) in [5, 5.41) is 0. The zero-order chi connectivity index (χ0) is 12.9. The van der Waals surface area contributed by atoms with E-state index in [0.717, 1.165) is 5.92 Å². The van der Waals surface area contributed by atoms with Crippen molar-refractivity contribution < 1.29 is 0 Å². The van der Waals surface area contributed by atoms with Crippen molar-refractivity contribution in [1.82, 2.24) is 0 Å². The molecule has 1 aliphatic rings. The Labute approximate surface area is 115 Å². The smallest absolute Gasteiger partial charge is 0.0351 e. The molecule has 1 saturated carbocycles. The van der Waals surface area contributed by atoms with E-state index in [1.807, 2.05) is 0 Å². The van der Waals surface area contributed by atoms with Gasteiger partial charge in [0.1, 0.15) is 0 Å². The van der Waals surface area contributed by atoms with Gasteiger partial charge < -0.3 is 0 Å². The lowest BCUT2D eigenvalue weighted by Crippen LogP contribution is -2.10. The fourth-order valence-electron chi connectivity index (χ4n) is 2.75. The highest BCUT2D eigenvalue weighted by Crippen LogP contribution is 2.30. The van der Waals surface area contributed by atoms with Crippen LogP contribution in [0.25, 0.3) is 0 Å². The molecule has 0 aromatic heterocycles. The van der Waals surface area contributed by atoms with E-state index in [0.29, 0.717) is 0 Å². The van der Waals surface area contributed by atoms with E-state index in [-0.39, 0.29) is 0 Å². The molecule has 0 amide bonds. The highest BCUT2D eigenvalue weighted by molar-refractivity contribution is 4.81. The molecule has 18 heavy (non-hydrogen) atoms. The summed E-state index contributed by atoms with van der Waals surface area (Å²) >= 11 is 0. The number of hydrogen-bond donors (Lipinski definition) is 0. The summed E-state index contributed by atoms with van der Waals surface area (Å²) in [7, 11) is 0. The molecule has 0 heteroatoms. The van der Waals surface area contributed by atoms with Gasteiger partial charge in [0.15, 0.2) is 0 Å². The van der Waals surface area contributed by atoms with Gasteiger partial charge in [-0.25, -0.2) is 0 Å². The SMILES string of the molecule is CCCCCCCC/C=C\CCCCC1CCC1. The van der Waals surface area contributed by atoms with Crippen LogP contribution in [0.2, 0.25) is 0 Å². The fourth-order valence-corrected chi connectivity index (χ4v) is 2.75. The predicted molar refractivity (Wildman–Crippen MR) is 82.9 cm³/mol. The van der Waals surface area contributed by atoms with Crippen molar-refractivity contribution in [3.63, 3.8) is 0 Å². The lowest BCUT2D eigenvalue weighted by molar-refractivity contribution is 0.288. The molecule has 1 rings (SSSR count). The topological polar surface area (TPSA) is 0 Å². The molecule has 0 atom stereocenters. The molecule has 0 aromatic carbocycles. The van der Waals surface area contributed by atoms with Gasteiger partial charge in [0.2, 0.25) is 0 Å². The van der Waals surface area contributed by atoms with Crippen LogP contribution in [0.3, 0.4) is 0 Å². The molecule has 0 nitrogen and oxygen atoms in total. The van der Waals surface area contributed by atoms with E-state index in [2.05, 4.69) is 19.1 Å². The van der Waals surface area contributed by atoms with Gasteiger partial charge in [0.25, 0.3) is 0 Å². The average molecular weight is 250 g/mol. The summed E-state index contributed by atoms with van der Waals surface area (Å²) in [6, 6.07) is 0. The van der Waals surface area contributed by atoms with Crippen molar-refractivity contribution in [2.24, 2.45) is 5.92 Å². The van der Waals surface area contributed by atoms with Crippen LogP contribution < -0.4 is 0 Å². The third-order valence-corrected chi connectivity index (χ3v) is 4.35. The van der Waals surface area contributed by atoms with Gasteiger partial charge in [-0.15, -0.1) is 0 Å². The van der Waals surface area contributed by atoms with Gasteiger partial charge in [-0.3, -0.25) is 0 Å². The van der Waals surface area contributed by atoms with Gasteiger partial charge in [-0.2, -0.15) is 0 Å². The molecule has 0 spiro atoms. The average Bonchev–Trinajstić information content (AvgIpc) is 2.33. The van der Waals surface area contributed by atoms with Crippen molar-refractivity contribution in [3.05, 3.63) is 12.2 Å². The fraction of sp³-hybridized carbons (Fsp3) is 0.889. The first kappa shape index (κ1) is 15.8. The lowest BCUT2D eigenvalue weighted by atomic mass is 9.82. The first-order chi connectivity index (χ1) is 8.93. The molecule has 0 radical (unpaired) electrons. The Morgan fingerprint density at radius 2 is 1.39 bits per heavy atom. The molecule has 106 valence electrons. The molecule has 0 heterocycles. The van der Waals surface area contributed by atoms with Gasteiger partial charge in [0.05, 0.1) is 0 Å². The third-order valence-electron chi connectivity index (χ3n) is 4.35. The Bertz CT molecular complexity index is 188. The Morgan fingerprint density at radius 1 is 0.778 bits per heavy atom. The van der Waals surface area contributed by atoms with Crippen LogP contribution >= 0.6 is 0 Å². The minimum Gasteiger partial charge on any atom is -0.0885 e. The standard InChI is InChI=1S/C18H34/c1-2-3-4-5-6-7-8-9-10-11-12-13-15-18-16-14-17-18/h9-10,18H,2-8,11-17H2,1H3/b10-9-. The minimum absolute atomic E-state index is 1.11. The summed E-state index contributed by atoms with van der Waals surface area (Å²) < 4.78 is 0. The molecule has 0 unspecified atom stereocenters. The largest absolute Gasteiger partial charge is 0.0885 e. The molecule has 1 aliphatic carbocycles. The normalized spacial score (nSPS) is 16.3. The Morgan fingerprint density at radius 3 is 2.00 bits per heavy atom. The first-order valence-electron chi connectivity index (χ1n) is 8.58. The van der Waals surface area contributed by atoms with Crippen molar-refractivity contribution >= 4 is 0 Å². The first-order valence-corrected chi connectivity index (χ1v) is 8.58. The van der Waals surface area contributed by atoms with Gasteiger partial charge >= 0.3 is 0 Å². The van der Waals surface area contributed by atoms with Crippen LogP contribution in [0.4, 0.5) is 0 Å². The van der Waals surface area contributed by atoms with Crippen LogP contribution in [-0.2, 0) is 0 Å². The maximum atomic E-state index is 2.42. The van der Waals surface area contributed by atoms with Gasteiger partial charge in [0, 0.05) is 0 Å². The van der Waals surface area contributed by atoms with Crippen LogP contribution in [0.5, 0.6) is 0 Å². The summed E-state index contributed by atoms with van der Waals surface area (Å²) in [5.41, 5.74) is 0. The van der Waals surface area contributed by atoms with E-state index in [9.17, 15) is 0 Å². The van der Waals surface area contributed by atoms with Crippen molar-refractivity contribution in [3.8, 4) is 0 Å². The third kappa shape index (κ3) is 8.78. The molecule has 0 saturated heterocycles. The maximum absolute atomic E-state index is 2.42. The zero-order valence-corrected chi connectivity index (χ0v) is 12.6. The summed E-state index contributed by atoms with van der Waals surface area (Å²) in [4.78, 5) is 0. The maximum Gasteiger partial charge on any atom is -0.0351 e. The van der Waals surface area contributed by atoms with E-state index in [4.69, 9.17) is 0 Å². The summed E-state index contributed by atoms with van der Waals surface area (Å²) in [6.45, 7) is 2.29. The van der Waals surface area contributed by atoms with E-state index in [1.54, 1.807) is 0 Å². The monoisotopic (exact) mass is 250 g/mol. The molecular formula is C18H34. The zero-order valence-electron chi connectivity index (χ0n) is 12.6. The Kier molecular flexibility index (Phi) is 10.4. The summed E-state index contributed by atoms with van der Waals surface area (Å²) in [6.07, 6.45) is 24.9. The van der Waals surface area contributed by atoms with Crippen LogP contribution in [0.15, 0.2) is 12.2 Å². The van der Waals surface area contributed by atoms with E-state index >= 15 is 0 Å². The number of unbranched alkanes of at least 4 members (excludes halogenated alkanes) is 8. The second-order valence-electron chi connectivity index (χ2n) is 6.11. The second kappa shape index (κ2) is 11.8. The molecular weight excluding hydrogens is 216 g/mol. The van der Waals surface area contributed by atoms with Crippen molar-refractivity contribution in [1.29, 1.82) is 0 Å². The molecule has 1 fully saturated rings. The van der Waals surface area contributed by atoms with Crippen LogP contribution in [0, 0.1) is 5.92 Å². The quantitative estimate of drug-likeness (QED) is 0.268. The van der Waals surface area contributed by atoms with E-state index in [1.165, 1.54) is 89.9 Å². The van der Waals surface area contributed by atoms with Gasteiger partial charge in [-0.05, 0) is 31.6 Å². The molecule has 0 N–H and O–H groups in total. The van der Waals surface area contributed by atoms with Crippen LogP contribution in [0.1, 0.15) is 96.8 Å². The summed E-state index contributed by atoms with van der Waals surface area (Å²) in [5.74, 6) is 1.11. The van der Waals surface area contributed by atoms with Crippen molar-refractivity contribution in [2.75, 3.05) is 0 Å². The van der Waals surface area contributed by atoms with Gasteiger partial charge in [-0.1, -0.05) is 83.3 Å². The second-order valence-corrected chi connectivity index (χ2v) is 6.11. The Balaban J connectivity index is 1.71. The Hall–Kier alpha value is -0.260. The lowest BCUT2D eigenvalue weighted by Gasteiger charge is -2.24. The number of hydrogen-bond acceptors (Lipinski definition) is 0. The molecule has 0 aliphatic heterocycles. The van der Waals surface area contributed by atoms with Crippen LogP contribution in [-0.4, -0.2) is 0 Å². The van der Waals surface area contributed by atoms with Crippen molar-refractivity contribution in [2.45, 2.75) is 96.8 Å². The van der Waals surface area contributed by atoms with E-state index < -0.39 is 0 Å². The molecule has 0 bridgehead atoms. The number of allylic oxidation sites excluding steroid dienone is 2. The minimum atomic E-state index is 1.11. The predicted octanol–water partition coefficient (Wildman–Crippen LogP) is 6.65. The highest BCUT2D eigenvalue weighted by atomic mass is 14.2. The number of rotatable bonds is 12.